The van der Waals surface area contributed by atoms with Gasteiger partial charge in [-0.3, -0.25) is 4.79 Å². The number of benzene rings is 1. The second-order valence-corrected chi connectivity index (χ2v) is 3.36. The summed E-state index contributed by atoms with van der Waals surface area (Å²) in [6.07, 6.45) is 0. The molecule has 1 amide bonds. The number of nitrogens with one attached hydrogen (secondary N) is 1. The van der Waals surface area contributed by atoms with Gasteiger partial charge in [-0.05, 0) is 12.1 Å². The van der Waals surface area contributed by atoms with E-state index < -0.39 is 5.82 Å². The lowest BCUT2D eigenvalue weighted by Gasteiger charge is -2.27. The number of phenols is 1. The highest BCUT2D eigenvalue weighted by atomic mass is 19.1. The molecule has 0 aromatic heterocycles. The Morgan fingerprint density at radius 1 is 1.47 bits per heavy atom. The number of amides is 1. The van der Waals surface area contributed by atoms with Gasteiger partial charge < -0.3 is 15.3 Å². The van der Waals surface area contributed by atoms with Crippen molar-refractivity contribution in [2.45, 2.75) is 0 Å². The van der Waals surface area contributed by atoms with Crippen LogP contribution in [-0.2, 0) is 4.79 Å². The summed E-state index contributed by atoms with van der Waals surface area (Å²) in [5.41, 5.74) is 0.222. The molecule has 0 spiro atoms. The Labute approximate surface area is 86.3 Å². The molecule has 0 saturated carbocycles. The molecule has 1 aliphatic rings. The molecule has 2 rings (SSSR count). The Kier molecular flexibility index (Phi) is 2.55. The Morgan fingerprint density at radius 2 is 2.27 bits per heavy atom. The van der Waals surface area contributed by atoms with Crippen molar-refractivity contribution in [2.75, 3.05) is 24.5 Å². The third-order valence-corrected chi connectivity index (χ3v) is 2.31. The van der Waals surface area contributed by atoms with Gasteiger partial charge >= 0.3 is 0 Å². The number of nitrogens with zero attached hydrogens (tertiary/aromatic N) is 1. The van der Waals surface area contributed by atoms with E-state index in [1.807, 2.05) is 0 Å². The second kappa shape index (κ2) is 3.86. The van der Waals surface area contributed by atoms with Crippen molar-refractivity contribution in [1.29, 1.82) is 0 Å². The standard InChI is InChI=1S/C10H11FN2O2/c11-8-5-7(14)1-2-9(8)13-4-3-12-6-10(13)15/h1-2,5,12,14H,3-4,6H2. The van der Waals surface area contributed by atoms with Crippen LogP contribution in [0.2, 0.25) is 0 Å². The van der Waals surface area contributed by atoms with Crippen molar-refractivity contribution < 1.29 is 14.3 Å². The van der Waals surface area contributed by atoms with Gasteiger partial charge in [-0.15, -0.1) is 0 Å². The van der Waals surface area contributed by atoms with Gasteiger partial charge in [0.1, 0.15) is 5.75 Å². The SMILES string of the molecule is O=C1CNCCN1c1ccc(O)cc1F. The largest absolute Gasteiger partial charge is 0.508 e. The lowest BCUT2D eigenvalue weighted by atomic mass is 10.2. The zero-order valence-corrected chi connectivity index (χ0v) is 8.03. The van der Waals surface area contributed by atoms with Crippen molar-refractivity contribution in [3.63, 3.8) is 0 Å². The summed E-state index contributed by atoms with van der Waals surface area (Å²) in [5, 5.41) is 11.9. The van der Waals surface area contributed by atoms with E-state index in [1.165, 1.54) is 17.0 Å². The minimum atomic E-state index is -0.578. The van der Waals surface area contributed by atoms with Crippen LogP contribution in [0.15, 0.2) is 18.2 Å². The molecule has 1 heterocycles. The predicted molar refractivity (Wildman–Crippen MR) is 53.3 cm³/mol. The van der Waals surface area contributed by atoms with E-state index in [0.29, 0.717) is 13.1 Å². The highest BCUT2D eigenvalue weighted by Crippen LogP contribution is 2.23. The van der Waals surface area contributed by atoms with Gasteiger partial charge in [0, 0.05) is 19.2 Å². The topological polar surface area (TPSA) is 52.6 Å². The number of aromatic hydroxyl groups is 1. The van der Waals surface area contributed by atoms with Crippen LogP contribution in [0.25, 0.3) is 0 Å². The Morgan fingerprint density at radius 3 is 2.93 bits per heavy atom. The predicted octanol–water partition coefficient (Wildman–Crippen LogP) is 0.468. The number of anilines is 1. The minimum absolute atomic E-state index is 0.140. The highest BCUT2D eigenvalue weighted by Gasteiger charge is 2.21. The molecule has 1 aromatic carbocycles. The third kappa shape index (κ3) is 1.92. The van der Waals surface area contributed by atoms with Crippen molar-refractivity contribution >= 4 is 11.6 Å². The van der Waals surface area contributed by atoms with Crippen molar-refractivity contribution in [2.24, 2.45) is 0 Å². The Balaban J connectivity index is 2.31. The van der Waals surface area contributed by atoms with Crippen LogP contribution in [0, 0.1) is 5.82 Å². The van der Waals surface area contributed by atoms with Crippen LogP contribution < -0.4 is 10.2 Å². The van der Waals surface area contributed by atoms with E-state index >= 15 is 0 Å². The molecular formula is C10H11FN2O2. The van der Waals surface area contributed by atoms with Crippen molar-refractivity contribution in [1.82, 2.24) is 5.32 Å². The van der Waals surface area contributed by atoms with Crippen molar-refractivity contribution in [3.8, 4) is 5.75 Å². The quantitative estimate of drug-likeness (QED) is 0.708. The normalized spacial score (nSPS) is 16.9. The summed E-state index contributed by atoms with van der Waals surface area (Å²) in [5.74, 6) is -0.880. The highest BCUT2D eigenvalue weighted by molar-refractivity contribution is 5.95. The summed E-state index contributed by atoms with van der Waals surface area (Å²) < 4.78 is 13.4. The maximum absolute atomic E-state index is 13.4. The summed E-state index contributed by atoms with van der Waals surface area (Å²) >= 11 is 0. The maximum atomic E-state index is 13.4. The van der Waals surface area contributed by atoms with E-state index in [4.69, 9.17) is 5.11 Å². The summed E-state index contributed by atoms with van der Waals surface area (Å²) in [4.78, 5) is 12.8. The number of rotatable bonds is 1. The van der Waals surface area contributed by atoms with E-state index in [1.54, 1.807) is 0 Å². The van der Waals surface area contributed by atoms with Gasteiger partial charge in [-0.1, -0.05) is 0 Å². The maximum Gasteiger partial charge on any atom is 0.241 e. The fourth-order valence-corrected chi connectivity index (χ4v) is 1.58. The summed E-state index contributed by atoms with van der Waals surface area (Å²) in [6, 6.07) is 3.78. The molecule has 0 radical (unpaired) electrons. The van der Waals surface area contributed by atoms with Gasteiger partial charge in [0.15, 0.2) is 5.82 Å². The first-order valence-electron chi connectivity index (χ1n) is 4.68. The number of halogens is 1. The molecule has 4 nitrogen and oxygen atoms in total. The van der Waals surface area contributed by atoms with E-state index in [0.717, 1.165) is 6.07 Å². The number of carbonyl (C=O) groups excluding carboxylic acids is 1. The molecule has 0 bridgehead atoms. The smallest absolute Gasteiger partial charge is 0.241 e. The first-order valence-corrected chi connectivity index (χ1v) is 4.68. The second-order valence-electron chi connectivity index (χ2n) is 3.36. The Hall–Kier alpha value is -1.62. The van der Waals surface area contributed by atoms with Crippen LogP contribution in [0.5, 0.6) is 5.75 Å². The molecule has 2 N–H and O–H groups in total. The van der Waals surface area contributed by atoms with Gasteiger partial charge in [-0.25, -0.2) is 4.39 Å². The molecule has 0 atom stereocenters. The molecule has 0 unspecified atom stereocenters. The lowest BCUT2D eigenvalue weighted by Crippen LogP contribution is -2.48. The monoisotopic (exact) mass is 210 g/mol. The zero-order valence-electron chi connectivity index (χ0n) is 8.03. The van der Waals surface area contributed by atoms with E-state index in [-0.39, 0.29) is 23.9 Å². The van der Waals surface area contributed by atoms with E-state index in [2.05, 4.69) is 5.32 Å². The lowest BCUT2D eigenvalue weighted by molar-refractivity contribution is -0.118. The van der Waals surface area contributed by atoms with Gasteiger partial charge in [-0.2, -0.15) is 0 Å². The van der Waals surface area contributed by atoms with Crippen molar-refractivity contribution in [3.05, 3.63) is 24.0 Å². The van der Waals surface area contributed by atoms with Crippen LogP contribution in [0.3, 0.4) is 0 Å². The first kappa shape index (κ1) is 9.92. The van der Waals surface area contributed by atoms with Crippen LogP contribution in [0.1, 0.15) is 0 Å². The molecule has 15 heavy (non-hydrogen) atoms. The zero-order chi connectivity index (χ0) is 10.8. The molecule has 1 saturated heterocycles. The van der Waals surface area contributed by atoms with Gasteiger partial charge in [0.05, 0.1) is 12.2 Å². The third-order valence-electron chi connectivity index (χ3n) is 2.31. The van der Waals surface area contributed by atoms with Gasteiger partial charge in [0.25, 0.3) is 0 Å². The summed E-state index contributed by atoms with van der Waals surface area (Å²) in [6.45, 7) is 1.31. The van der Waals surface area contributed by atoms with Crippen LogP contribution in [0.4, 0.5) is 10.1 Å². The number of carbonyl (C=O) groups is 1. The fourth-order valence-electron chi connectivity index (χ4n) is 1.58. The molecule has 1 aliphatic heterocycles. The molecule has 1 aromatic rings. The van der Waals surface area contributed by atoms with Crippen LogP contribution in [-0.4, -0.2) is 30.6 Å². The fraction of sp³-hybridized carbons (Fsp3) is 0.300. The molecule has 80 valence electrons. The molecular weight excluding hydrogens is 199 g/mol. The number of phenolic OH excluding ortho intramolecular Hbond substituents is 1. The molecule has 0 aliphatic carbocycles. The number of piperazine rings is 1. The van der Waals surface area contributed by atoms with E-state index in [9.17, 15) is 9.18 Å². The molecule has 1 fully saturated rings. The number of hydrogen-bond acceptors (Lipinski definition) is 3. The summed E-state index contributed by atoms with van der Waals surface area (Å²) in [7, 11) is 0. The number of hydrogen-bond donors (Lipinski definition) is 2. The average Bonchev–Trinajstić information content (AvgIpc) is 2.20. The van der Waals surface area contributed by atoms with Gasteiger partial charge in [0.2, 0.25) is 5.91 Å². The average molecular weight is 210 g/mol. The molecule has 5 heteroatoms. The van der Waals surface area contributed by atoms with Crippen LogP contribution >= 0.6 is 0 Å². The first-order chi connectivity index (χ1) is 7.18. The Bertz CT molecular complexity index is 395. The minimum Gasteiger partial charge on any atom is -0.508 e.